The van der Waals surface area contributed by atoms with Crippen LogP contribution in [-0.4, -0.2) is 6.61 Å². The number of hydrogen-bond donors (Lipinski definition) is 0. The molecule has 0 unspecified atom stereocenters. The van der Waals surface area contributed by atoms with Gasteiger partial charge in [0, 0.05) is 17.0 Å². The standard InChI is InChI=1S/C14H14O3.C2H6/c1-4-16-10(3)12-8-14(15)17-13-7-9(2)5-6-11(12)13;1-2/h5-8H,3-4H2,1-2H3;1-2H3. The minimum Gasteiger partial charge on any atom is -0.494 e. The highest BCUT2D eigenvalue weighted by atomic mass is 16.5. The molecule has 1 aromatic carbocycles. The monoisotopic (exact) mass is 260 g/mol. The molecule has 0 saturated heterocycles. The Bertz CT molecular complexity index is 623. The summed E-state index contributed by atoms with van der Waals surface area (Å²) in [5.74, 6) is 0.495. The number of rotatable bonds is 3. The summed E-state index contributed by atoms with van der Waals surface area (Å²) in [7, 11) is 0. The van der Waals surface area contributed by atoms with Crippen LogP contribution in [0.2, 0.25) is 0 Å². The zero-order chi connectivity index (χ0) is 14.4. The Morgan fingerprint density at radius 2 is 2.00 bits per heavy atom. The molecule has 3 heteroatoms. The summed E-state index contributed by atoms with van der Waals surface area (Å²) >= 11 is 0. The number of aryl methyl sites for hydroxylation is 1. The highest BCUT2D eigenvalue weighted by molar-refractivity contribution is 5.88. The predicted molar refractivity (Wildman–Crippen MR) is 79.2 cm³/mol. The quantitative estimate of drug-likeness (QED) is 0.615. The Balaban J connectivity index is 0.000000861. The second-order valence-electron chi connectivity index (χ2n) is 3.83. The first-order valence-electron chi connectivity index (χ1n) is 6.48. The van der Waals surface area contributed by atoms with Gasteiger partial charge in [-0.1, -0.05) is 32.6 Å². The van der Waals surface area contributed by atoms with Crippen LogP contribution in [0.25, 0.3) is 16.7 Å². The number of benzene rings is 1. The van der Waals surface area contributed by atoms with Gasteiger partial charge in [0.1, 0.15) is 11.3 Å². The molecular formula is C16H20O3. The van der Waals surface area contributed by atoms with Crippen molar-refractivity contribution in [2.45, 2.75) is 27.7 Å². The van der Waals surface area contributed by atoms with Crippen molar-refractivity contribution in [3.8, 4) is 0 Å². The van der Waals surface area contributed by atoms with Crippen LogP contribution in [0.15, 0.2) is 40.1 Å². The van der Waals surface area contributed by atoms with E-state index in [0.717, 1.165) is 10.9 Å². The molecule has 19 heavy (non-hydrogen) atoms. The Hall–Kier alpha value is -2.03. The molecule has 0 aliphatic carbocycles. The van der Waals surface area contributed by atoms with E-state index in [9.17, 15) is 4.79 Å². The van der Waals surface area contributed by atoms with Crippen molar-refractivity contribution in [3.63, 3.8) is 0 Å². The molecule has 0 spiro atoms. The average molecular weight is 260 g/mol. The number of hydrogen-bond acceptors (Lipinski definition) is 3. The Morgan fingerprint density at radius 3 is 2.63 bits per heavy atom. The van der Waals surface area contributed by atoms with Crippen molar-refractivity contribution in [2.24, 2.45) is 0 Å². The molecule has 0 atom stereocenters. The van der Waals surface area contributed by atoms with Gasteiger partial charge in [-0.15, -0.1) is 0 Å². The van der Waals surface area contributed by atoms with Crippen molar-refractivity contribution in [2.75, 3.05) is 6.61 Å². The van der Waals surface area contributed by atoms with Crippen molar-refractivity contribution in [3.05, 3.63) is 52.4 Å². The first kappa shape index (κ1) is 15.0. The lowest BCUT2D eigenvalue weighted by Gasteiger charge is -2.09. The molecule has 1 aromatic heterocycles. The predicted octanol–water partition coefficient (Wildman–Crippen LogP) is 4.13. The second-order valence-corrected chi connectivity index (χ2v) is 3.83. The van der Waals surface area contributed by atoms with Gasteiger partial charge in [-0.3, -0.25) is 0 Å². The summed E-state index contributed by atoms with van der Waals surface area (Å²) < 4.78 is 10.5. The maximum Gasteiger partial charge on any atom is 0.336 e. The lowest BCUT2D eigenvalue weighted by Crippen LogP contribution is -2.01. The van der Waals surface area contributed by atoms with Gasteiger partial charge in [-0.2, -0.15) is 0 Å². The molecule has 2 rings (SSSR count). The van der Waals surface area contributed by atoms with Gasteiger partial charge in [-0.05, 0) is 25.5 Å². The Morgan fingerprint density at radius 1 is 1.32 bits per heavy atom. The van der Waals surface area contributed by atoms with Crippen LogP contribution < -0.4 is 5.63 Å². The van der Waals surface area contributed by atoms with Crippen LogP contribution in [0.5, 0.6) is 0 Å². The molecule has 0 bridgehead atoms. The van der Waals surface area contributed by atoms with E-state index in [1.807, 2.05) is 45.9 Å². The zero-order valence-electron chi connectivity index (χ0n) is 11.9. The minimum atomic E-state index is -0.390. The highest BCUT2D eigenvalue weighted by Crippen LogP contribution is 2.24. The van der Waals surface area contributed by atoms with E-state index < -0.39 is 0 Å². The topological polar surface area (TPSA) is 39.4 Å². The molecular weight excluding hydrogens is 240 g/mol. The molecule has 0 radical (unpaired) electrons. The van der Waals surface area contributed by atoms with E-state index in [-0.39, 0.29) is 5.63 Å². The molecule has 0 aliphatic heterocycles. The summed E-state index contributed by atoms with van der Waals surface area (Å²) in [4.78, 5) is 11.5. The summed E-state index contributed by atoms with van der Waals surface area (Å²) in [6.45, 7) is 12.2. The van der Waals surface area contributed by atoms with Crippen LogP contribution in [0.3, 0.4) is 0 Å². The average Bonchev–Trinajstić information content (AvgIpc) is 2.39. The first-order chi connectivity index (χ1) is 9.11. The fraction of sp³-hybridized carbons (Fsp3) is 0.312. The molecule has 0 N–H and O–H groups in total. The van der Waals surface area contributed by atoms with Gasteiger partial charge in [0.2, 0.25) is 0 Å². The first-order valence-corrected chi connectivity index (χ1v) is 6.48. The third-order valence-electron chi connectivity index (χ3n) is 2.52. The Kier molecular flexibility index (Phi) is 5.37. The van der Waals surface area contributed by atoms with Crippen LogP contribution >= 0.6 is 0 Å². The van der Waals surface area contributed by atoms with Gasteiger partial charge in [0.25, 0.3) is 0 Å². The van der Waals surface area contributed by atoms with E-state index in [0.29, 0.717) is 23.5 Å². The maximum atomic E-state index is 11.5. The lowest BCUT2D eigenvalue weighted by molar-refractivity contribution is 0.299. The van der Waals surface area contributed by atoms with Crippen LogP contribution in [0.4, 0.5) is 0 Å². The number of fused-ring (bicyclic) bond motifs is 1. The van der Waals surface area contributed by atoms with Crippen molar-refractivity contribution >= 4 is 16.7 Å². The van der Waals surface area contributed by atoms with Crippen LogP contribution in [0.1, 0.15) is 31.9 Å². The van der Waals surface area contributed by atoms with E-state index in [4.69, 9.17) is 9.15 Å². The molecule has 0 amide bonds. The fourth-order valence-electron chi connectivity index (χ4n) is 1.75. The molecule has 3 nitrogen and oxygen atoms in total. The summed E-state index contributed by atoms with van der Waals surface area (Å²) in [6, 6.07) is 7.12. The van der Waals surface area contributed by atoms with Crippen molar-refractivity contribution in [1.29, 1.82) is 0 Å². The fourth-order valence-corrected chi connectivity index (χ4v) is 1.75. The molecule has 2 aromatic rings. The van der Waals surface area contributed by atoms with Gasteiger partial charge in [-0.25, -0.2) is 4.79 Å². The van der Waals surface area contributed by atoms with E-state index >= 15 is 0 Å². The normalized spacial score (nSPS) is 9.68. The molecule has 0 saturated carbocycles. The second kappa shape index (κ2) is 6.78. The third-order valence-corrected chi connectivity index (χ3v) is 2.52. The summed E-state index contributed by atoms with van der Waals surface area (Å²) in [6.07, 6.45) is 0. The highest BCUT2D eigenvalue weighted by Gasteiger charge is 2.09. The Labute approximate surface area is 113 Å². The number of ether oxygens (including phenoxy) is 1. The third kappa shape index (κ3) is 3.47. The van der Waals surface area contributed by atoms with Crippen LogP contribution in [0, 0.1) is 6.92 Å². The summed E-state index contributed by atoms with van der Waals surface area (Å²) in [5.41, 5.74) is 1.91. The maximum absolute atomic E-state index is 11.5. The lowest BCUT2D eigenvalue weighted by atomic mass is 10.1. The van der Waals surface area contributed by atoms with Gasteiger partial charge in [0.05, 0.1) is 6.61 Å². The van der Waals surface area contributed by atoms with Crippen molar-refractivity contribution < 1.29 is 9.15 Å². The minimum absolute atomic E-state index is 0.390. The van der Waals surface area contributed by atoms with Crippen molar-refractivity contribution in [1.82, 2.24) is 0 Å². The van der Waals surface area contributed by atoms with Gasteiger partial charge in [0.15, 0.2) is 0 Å². The van der Waals surface area contributed by atoms with E-state index in [1.165, 1.54) is 6.07 Å². The molecule has 0 fully saturated rings. The van der Waals surface area contributed by atoms with Crippen LogP contribution in [-0.2, 0) is 4.74 Å². The molecule has 1 heterocycles. The largest absolute Gasteiger partial charge is 0.494 e. The molecule has 0 aliphatic rings. The zero-order valence-corrected chi connectivity index (χ0v) is 11.9. The molecule has 102 valence electrons. The van der Waals surface area contributed by atoms with E-state index in [1.54, 1.807) is 0 Å². The van der Waals surface area contributed by atoms with E-state index in [2.05, 4.69) is 6.58 Å². The summed E-state index contributed by atoms with van der Waals surface area (Å²) in [5, 5.41) is 0.841. The SMILES string of the molecule is C=C(OCC)c1cc(=O)oc2cc(C)ccc12.CC. The smallest absolute Gasteiger partial charge is 0.336 e. The van der Waals surface area contributed by atoms with Gasteiger partial charge >= 0.3 is 5.63 Å². The van der Waals surface area contributed by atoms with Gasteiger partial charge < -0.3 is 9.15 Å².